The van der Waals surface area contributed by atoms with Crippen LogP contribution in [-0.4, -0.2) is 49.4 Å². The Kier molecular flexibility index (Phi) is 5.03. The van der Waals surface area contributed by atoms with Gasteiger partial charge in [0.15, 0.2) is 0 Å². The van der Waals surface area contributed by atoms with Crippen LogP contribution in [0.15, 0.2) is 36.4 Å². The van der Waals surface area contributed by atoms with E-state index in [4.69, 9.17) is 14.5 Å². The Hall–Kier alpha value is -1.49. The number of pyridine rings is 1. The maximum Gasteiger partial charge on any atom is 0.0705 e. The van der Waals surface area contributed by atoms with E-state index in [-0.39, 0.29) is 0 Å². The number of hydrogen-bond acceptors (Lipinski definition) is 4. The molecule has 0 radical (unpaired) electrons. The van der Waals surface area contributed by atoms with Gasteiger partial charge in [-0.15, -0.1) is 0 Å². The van der Waals surface area contributed by atoms with E-state index >= 15 is 0 Å². The average Bonchev–Trinajstić information content (AvgIpc) is 2.90. The summed E-state index contributed by atoms with van der Waals surface area (Å²) >= 11 is 0. The van der Waals surface area contributed by atoms with Gasteiger partial charge in [0, 0.05) is 38.2 Å². The van der Waals surface area contributed by atoms with Crippen molar-refractivity contribution >= 4 is 10.9 Å². The van der Waals surface area contributed by atoms with Gasteiger partial charge in [-0.1, -0.05) is 24.3 Å². The van der Waals surface area contributed by atoms with Crippen LogP contribution in [0.4, 0.5) is 0 Å². The van der Waals surface area contributed by atoms with Crippen LogP contribution < -0.4 is 0 Å². The summed E-state index contributed by atoms with van der Waals surface area (Å²) in [6.45, 7) is 2.40. The first-order chi connectivity index (χ1) is 10.8. The fourth-order valence-electron chi connectivity index (χ4n) is 3.40. The third-order valence-electron chi connectivity index (χ3n) is 4.49. The lowest BCUT2D eigenvalue weighted by atomic mass is 10.2. The molecule has 4 nitrogen and oxygen atoms in total. The quantitative estimate of drug-likeness (QED) is 0.821. The molecule has 0 spiro atoms. The van der Waals surface area contributed by atoms with Gasteiger partial charge in [-0.2, -0.15) is 0 Å². The summed E-state index contributed by atoms with van der Waals surface area (Å²) in [7, 11) is 3.55. The number of ether oxygens (including phenoxy) is 2. The van der Waals surface area contributed by atoms with Crippen LogP contribution >= 0.6 is 0 Å². The Bertz CT molecular complexity index is 603. The fraction of sp³-hybridized carbons (Fsp3) is 0.500. The Morgan fingerprint density at radius 2 is 1.68 bits per heavy atom. The van der Waals surface area contributed by atoms with Crippen LogP contribution in [0.5, 0.6) is 0 Å². The molecule has 0 amide bonds. The molecule has 2 atom stereocenters. The van der Waals surface area contributed by atoms with Gasteiger partial charge >= 0.3 is 0 Å². The smallest absolute Gasteiger partial charge is 0.0705 e. The predicted octanol–water partition coefficient (Wildman–Crippen LogP) is 2.86. The predicted molar refractivity (Wildman–Crippen MR) is 87.8 cm³/mol. The number of nitrogens with zero attached hydrogens (tertiary/aromatic N) is 2. The summed E-state index contributed by atoms with van der Waals surface area (Å²) in [5.74, 6) is 0. The SMILES string of the molecule is COC[C@H]1CC[C@H](COC)N1Cc1ccc2ccccc2n1. The van der Waals surface area contributed by atoms with Gasteiger partial charge in [-0.3, -0.25) is 9.88 Å². The van der Waals surface area contributed by atoms with Gasteiger partial charge in [0.25, 0.3) is 0 Å². The van der Waals surface area contributed by atoms with Gasteiger partial charge < -0.3 is 9.47 Å². The highest BCUT2D eigenvalue weighted by Gasteiger charge is 2.33. The van der Waals surface area contributed by atoms with Gasteiger partial charge in [0.1, 0.15) is 0 Å². The average molecular weight is 300 g/mol. The van der Waals surface area contributed by atoms with E-state index in [9.17, 15) is 0 Å². The molecule has 1 saturated heterocycles. The van der Waals surface area contributed by atoms with Crippen molar-refractivity contribution in [3.63, 3.8) is 0 Å². The van der Waals surface area contributed by atoms with E-state index in [0.29, 0.717) is 12.1 Å². The molecule has 0 aliphatic carbocycles. The number of para-hydroxylation sites is 1. The lowest BCUT2D eigenvalue weighted by molar-refractivity contribution is 0.0573. The minimum atomic E-state index is 0.457. The molecule has 1 fully saturated rings. The highest BCUT2D eigenvalue weighted by molar-refractivity contribution is 5.78. The summed E-state index contributed by atoms with van der Waals surface area (Å²) in [6, 6.07) is 13.5. The summed E-state index contributed by atoms with van der Waals surface area (Å²) in [6.07, 6.45) is 2.32. The van der Waals surface area contributed by atoms with Gasteiger partial charge in [-0.05, 0) is 25.0 Å². The van der Waals surface area contributed by atoms with Gasteiger partial charge in [0.2, 0.25) is 0 Å². The Morgan fingerprint density at radius 3 is 2.36 bits per heavy atom. The fourth-order valence-corrected chi connectivity index (χ4v) is 3.40. The number of methoxy groups -OCH3 is 2. The molecule has 1 aromatic heterocycles. The van der Waals surface area contributed by atoms with Crippen molar-refractivity contribution in [3.05, 3.63) is 42.1 Å². The zero-order valence-electron chi connectivity index (χ0n) is 13.4. The first-order valence-electron chi connectivity index (χ1n) is 7.90. The first kappa shape index (κ1) is 15.4. The Labute approximate surface area is 132 Å². The van der Waals surface area contributed by atoms with Crippen molar-refractivity contribution in [2.75, 3.05) is 27.4 Å². The Morgan fingerprint density at radius 1 is 1.00 bits per heavy atom. The molecular weight excluding hydrogens is 276 g/mol. The topological polar surface area (TPSA) is 34.6 Å². The monoisotopic (exact) mass is 300 g/mol. The second kappa shape index (κ2) is 7.18. The molecule has 0 N–H and O–H groups in total. The molecule has 0 unspecified atom stereocenters. The van der Waals surface area contributed by atoms with Crippen molar-refractivity contribution in [1.29, 1.82) is 0 Å². The van der Waals surface area contributed by atoms with Gasteiger partial charge in [0.05, 0.1) is 24.4 Å². The maximum atomic E-state index is 5.39. The highest BCUT2D eigenvalue weighted by Crippen LogP contribution is 2.27. The van der Waals surface area contributed by atoms with E-state index in [0.717, 1.165) is 43.8 Å². The van der Waals surface area contributed by atoms with Crippen LogP contribution in [0, 0.1) is 0 Å². The lowest BCUT2D eigenvalue weighted by Crippen LogP contribution is -2.40. The molecule has 2 heterocycles. The maximum absolute atomic E-state index is 5.39. The largest absolute Gasteiger partial charge is 0.383 e. The van der Waals surface area contributed by atoms with Crippen molar-refractivity contribution < 1.29 is 9.47 Å². The second-order valence-electron chi connectivity index (χ2n) is 5.96. The summed E-state index contributed by atoms with van der Waals surface area (Å²) in [5.41, 5.74) is 2.17. The standard InChI is InChI=1S/C18H24N2O2/c1-21-12-16-9-10-17(13-22-2)20(16)11-15-8-7-14-5-3-4-6-18(14)19-15/h3-8,16-17H,9-13H2,1-2H3/t16-,17-/m1/s1. The summed E-state index contributed by atoms with van der Waals surface area (Å²) < 4.78 is 10.8. The number of fused-ring (bicyclic) bond motifs is 1. The number of benzene rings is 1. The summed E-state index contributed by atoms with van der Waals surface area (Å²) in [5, 5.41) is 1.19. The van der Waals surface area contributed by atoms with Crippen LogP contribution in [-0.2, 0) is 16.0 Å². The normalized spacial score (nSPS) is 22.5. The zero-order chi connectivity index (χ0) is 15.4. The third kappa shape index (κ3) is 3.29. The molecular formula is C18H24N2O2. The lowest BCUT2D eigenvalue weighted by Gasteiger charge is -2.29. The van der Waals surface area contributed by atoms with Gasteiger partial charge in [-0.25, -0.2) is 0 Å². The van der Waals surface area contributed by atoms with Crippen LogP contribution in [0.3, 0.4) is 0 Å². The number of likely N-dealkylation sites (tertiary alicyclic amines) is 1. The van der Waals surface area contributed by atoms with Crippen molar-refractivity contribution in [3.8, 4) is 0 Å². The molecule has 0 bridgehead atoms. The zero-order valence-corrected chi connectivity index (χ0v) is 13.4. The van der Waals surface area contributed by atoms with E-state index in [2.05, 4.69) is 29.2 Å². The minimum absolute atomic E-state index is 0.457. The van der Waals surface area contributed by atoms with E-state index in [1.165, 1.54) is 5.39 Å². The van der Waals surface area contributed by atoms with E-state index < -0.39 is 0 Å². The van der Waals surface area contributed by atoms with Crippen molar-refractivity contribution in [1.82, 2.24) is 9.88 Å². The molecule has 118 valence electrons. The third-order valence-corrected chi connectivity index (χ3v) is 4.49. The van der Waals surface area contributed by atoms with E-state index in [1.54, 1.807) is 14.2 Å². The first-order valence-corrected chi connectivity index (χ1v) is 7.90. The highest BCUT2D eigenvalue weighted by atomic mass is 16.5. The molecule has 1 aliphatic rings. The molecule has 2 aromatic rings. The minimum Gasteiger partial charge on any atom is -0.383 e. The number of aromatic nitrogens is 1. The Balaban J connectivity index is 1.80. The van der Waals surface area contributed by atoms with Crippen molar-refractivity contribution in [2.24, 2.45) is 0 Å². The molecule has 3 rings (SSSR count). The van der Waals surface area contributed by atoms with Crippen molar-refractivity contribution in [2.45, 2.75) is 31.5 Å². The molecule has 0 saturated carbocycles. The number of hydrogen-bond donors (Lipinski definition) is 0. The number of rotatable bonds is 6. The molecule has 22 heavy (non-hydrogen) atoms. The van der Waals surface area contributed by atoms with Crippen LogP contribution in [0.1, 0.15) is 18.5 Å². The second-order valence-corrected chi connectivity index (χ2v) is 5.96. The summed E-state index contributed by atoms with van der Waals surface area (Å²) in [4.78, 5) is 7.29. The van der Waals surface area contributed by atoms with Crippen LogP contribution in [0.2, 0.25) is 0 Å². The van der Waals surface area contributed by atoms with Crippen LogP contribution in [0.25, 0.3) is 10.9 Å². The molecule has 1 aromatic carbocycles. The van der Waals surface area contributed by atoms with E-state index in [1.807, 2.05) is 12.1 Å². The molecule has 4 heteroatoms. The molecule has 1 aliphatic heterocycles.